The number of nitrogens with two attached hydrogens (primary N) is 1. The molecule has 4 rings (SSSR count). The minimum atomic E-state index is -0.0140. The number of fused-ring (bicyclic) bond motifs is 3. The lowest BCUT2D eigenvalue weighted by molar-refractivity contribution is -0.121. The van der Waals surface area contributed by atoms with Crippen molar-refractivity contribution >= 4 is 33.1 Å². The third-order valence-corrected chi connectivity index (χ3v) is 5.69. The van der Waals surface area contributed by atoms with Crippen LogP contribution < -0.4 is 11.1 Å². The van der Waals surface area contributed by atoms with Crippen molar-refractivity contribution in [1.29, 1.82) is 0 Å². The number of aromatic nitrogens is 1. The van der Waals surface area contributed by atoms with E-state index in [1.165, 1.54) is 6.42 Å². The number of hydrogen-bond donors (Lipinski definition) is 2. The third-order valence-electron chi connectivity index (χ3n) is 4.88. The predicted octanol–water partition coefficient (Wildman–Crippen LogP) is 2.61. The van der Waals surface area contributed by atoms with E-state index in [0.29, 0.717) is 11.8 Å². The van der Waals surface area contributed by atoms with Crippen molar-refractivity contribution < 1.29 is 4.79 Å². The van der Waals surface area contributed by atoms with Crippen LogP contribution in [0.25, 0.3) is 10.2 Å². The Bertz CT molecular complexity index is 666. The molecule has 2 saturated carbocycles. The van der Waals surface area contributed by atoms with Gasteiger partial charge in [0.2, 0.25) is 5.91 Å². The molecule has 5 heteroatoms. The van der Waals surface area contributed by atoms with Gasteiger partial charge in [-0.15, -0.1) is 11.3 Å². The van der Waals surface area contributed by atoms with Crippen LogP contribution in [0.2, 0.25) is 0 Å². The highest BCUT2D eigenvalue weighted by Crippen LogP contribution is 2.47. The fourth-order valence-electron chi connectivity index (χ4n) is 3.89. The number of hydrogen-bond acceptors (Lipinski definition) is 4. The quantitative estimate of drug-likeness (QED) is 0.892. The van der Waals surface area contributed by atoms with Gasteiger partial charge in [-0.3, -0.25) is 4.79 Å². The van der Waals surface area contributed by atoms with E-state index in [1.54, 1.807) is 11.3 Å². The number of nitrogens with one attached hydrogen (secondary N) is 1. The molecule has 104 valence electrons. The van der Waals surface area contributed by atoms with Gasteiger partial charge in [0, 0.05) is 11.7 Å². The second-order valence-electron chi connectivity index (χ2n) is 5.96. The maximum absolute atomic E-state index is 12.5. The molecule has 2 bridgehead atoms. The Morgan fingerprint density at radius 3 is 3.00 bits per heavy atom. The zero-order chi connectivity index (χ0) is 13.7. The van der Waals surface area contributed by atoms with Gasteiger partial charge in [-0.2, -0.15) is 0 Å². The smallest absolute Gasteiger partial charge is 0.229 e. The molecule has 2 aliphatic rings. The fourth-order valence-corrected chi connectivity index (χ4v) is 4.54. The number of anilines is 1. The number of rotatable bonds is 2. The molecule has 4 nitrogen and oxygen atoms in total. The lowest BCUT2D eigenvalue weighted by Crippen LogP contribution is -2.42. The van der Waals surface area contributed by atoms with Gasteiger partial charge < -0.3 is 11.1 Å². The Morgan fingerprint density at radius 1 is 1.35 bits per heavy atom. The molecule has 2 fully saturated rings. The molecule has 1 aromatic carbocycles. The van der Waals surface area contributed by atoms with Crippen LogP contribution in [-0.4, -0.2) is 16.9 Å². The zero-order valence-corrected chi connectivity index (χ0v) is 11.9. The van der Waals surface area contributed by atoms with E-state index in [1.807, 2.05) is 23.7 Å². The number of carbonyl (C=O) groups excluding carboxylic acids is 1. The van der Waals surface area contributed by atoms with Crippen molar-refractivity contribution in [3.05, 3.63) is 23.7 Å². The van der Waals surface area contributed by atoms with E-state index >= 15 is 0 Å². The monoisotopic (exact) mass is 287 g/mol. The SMILES string of the molecule is NC1C2CCC(C2)C1C(=O)Nc1ccc2scnc2c1. The zero-order valence-electron chi connectivity index (χ0n) is 11.1. The Morgan fingerprint density at radius 2 is 2.20 bits per heavy atom. The maximum Gasteiger partial charge on any atom is 0.229 e. The van der Waals surface area contributed by atoms with Crippen molar-refractivity contribution in [2.45, 2.75) is 25.3 Å². The topological polar surface area (TPSA) is 68.0 Å². The summed E-state index contributed by atoms with van der Waals surface area (Å²) >= 11 is 1.61. The van der Waals surface area contributed by atoms with E-state index in [4.69, 9.17) is 5.73 Å². The normalized spacial score (nSPS) is 31.9. The van der Waals surface area contributed by atoms with Crippen LogP contribution in [-0.2, 0) is 4.79 Å². The van der Waals surface area contributed by atoms with E-state index in [9.17, 15) is 4.79 Å². The molecule has 2 aliphatic carbocycles. The van der Waals surface area contributed by atoms with Gasteiger partial charge in [0.25, 0.3) is 0 Å². The fraction of sp³-hybridized carbons (Fsp3) is 0.467. The first kappa shape index (κ1) is 12.3. The molecular formula is C15H17N3OS. The highest BCUT2D eigenvalue weighted by molar-refractivity contribution is 7.16. The van der Waals surface area contributed by atoms with Gasteiger partial charge in [0.05, 0.1) is 21.6 Å². The number of thiazole rings is 1. The van der Waals surface area contributed by atoms with E-state index in [0.717, 1.165) is 28.7 Å². The van der Waals surface area contributed by atoms with Crippen LogP contribution in [0.3, 0.4) is 0 Å². The summed E-state index contributed by atoms with van der Waals surface area (Å²) in [5.74, 6) is 1.11. The largest absolute Gasteiger partial charge is 0.327 e. The standard InChI is InChI=1S/C15H17N3OS/c16-14-9-2-1-8(5-9)13(14)15(19)18-10-3-4-12-11(6-10)17-7-20-12/h3-4,6-9,13-14H,1-2,5,16H2,(H,18,19). The summed E-state index contributed by atoms with van der Waals surface area (Å²) in [5, 5.41) is 3.03. The molecule has 0 radical (unpaired) electrons. The molecule has 2 aromatic rings. The van der Waals surface area contributed by atoms with Gasteiger partial charge in [-0.25, -0.2) is 4.98 Å². The van der Waals surface area contributed by atoms with Crippen molar-refractivity contribution in [2.75, 3.05) is 5.32 Å². The lowest BCUT2D eigenvalue weighted by Gasteiger charge is -2.27. The highest BCUT2D eigenvalue weighted by atomic mass is 32.1. The number of amides is 1. The van der Waals surface area contributed by atoms with Crippen LogP contribution >= 0.6 is 11.3 Å². The van der Waals surface area contributed by atoms with Crippen molar-refractivity contribution in [3.8, 4) is 0 Å². The van der Waals surface area contributed by atoms with E-state index in [-0.39, 0.29) is 17.9 Å². The average Bonchev–Trinajstić information content (AvgIpc) is 3.12. The van der Waals surface area contributed by atoms with Crippen molar-refractivity contribution in [1.82, 2.24) is 4.98 Å². The molecule has 20 heavy (non-hydrogen) atoms. The molecule has 1 heterocycles. The van der Waals surface area contributed by atoms with E-state index in [2.05, 4.69) is 10.3 Å². The summed E-state index contributed by atoms with van der Waals surface area (Å²) in [6.45, 7) is 0. The first-order valence-corrected chi connectivity index (χ1v) is 8.00. The molecule has 0 saturated heterocycles. The van der Waals surface area contributed by atoms with Crippen LogP contribution in [0, 0.1) is 17.8 Å². The molecule has 3 N–H and O–H groups in total. The molecule has 1 aromatic heterocycles. The predicted molar refractivity (Wildman–Crippen MR) is 80.5 cm³/mol. The number of nitrogens with zero attached hydrogens (tertiary/aromatic N) is 1. The second kappa shape index (κ2) is 4.53. The van der Waals surface area contributed by atoms with Crippen LogP contribution in [0.1, 0.15) is 19.3 Å². The summed E-state index contributed by atoms with van der Waals surface area (Å²) in [7, 11) is 0. The van der Waals surface area contributed by atoms with Gasteiger partial charge in [-0.05, 0) is 49.3 Å². The number of carbonyl (C=O) groups is 1. The molecule has 4 atom stereocenters. The van der Waals surface area contributed by atoms with Gasteiger partial charge in [0.1, 0.15) is 0 Å². The van der Waals surface area contributed by atoms with Crippen molar-refractivity contribution in [2.24, 2.45) is 23.5 Å². The van der Waals surface area contributed by atoms with Gasteiger partial charge in [0.15, 0.2) is 0 Å². The van der Waals surface area contributed by atoms with Crippen LogP contribution in [0.5, 0.6) is 0 Å². The second-order valence-corrected chi connectivity index (χ2v) is 6.85. The van der Waals surface area contributed by atoms with E-state index < -0.39 is 0 Å². The summed E-state index contributed by atoms with van der Waals surface area (Å²) in [6, 6.07) is 5.92. The summed E-state index contributed by atoms with van der Waals surface area (Å²) in [4.78, 5) is 16.8. The first-order chi connectivity index (χ1) is 9.72. The number of benzene rings is 1. The lowest BCUT2D eigenvalue weighted by atomic mass is 9.84. The minimum Gasteiger partial charge on any atom is -0.327 e. The average molecular weight is 287 g/mol. The summed E-state index contributed by atoms with van der Waals surface area (Å²) < 4.78 is 1.14. The van der Waals surface area contributed by atoms with Gasteiger partial charge >= 0.3 is 0 Å². The Kier molecular flexibility index (Phi) is 2.79. The Labute approximate surface area is 121 Å². The van der Waals surface area contributed by atoms with Crippen LogP contribution in [0.15, 0.2) is 23.7 Å². The summed E-state index contributed by atoms with van der Waals surface area (Å²) in [6.07, 6.45) is 3.48. The van der Waals surface area contributed by atoms with Crippen molar-refractivity contribution in [3.63, 3.8) is 0 Å². The Balaban J connectivity index is 1.54. The highest BCUT2D eigenvalue weighted by Gasteiger charge is 2.49. The van der Waals surface area contributed by atoms with Crippen LogP contribution in [0.4, 0.5) is 5.69 Å². The Hall–Kier alpha value is -1.46. The molecular weight excluding hydrogens is 270 g/mol. The maximum atomic E-state index is 12.5. The first-order valence-electron chi connectivity index (χ1n) is 7.12. The minimum absolute atomic E-state index is 0.0140. The van der Waals surface area contributed by atoms with Gasteiger partial charge in [-0.1, -0.05) is 0 Å². The molecule has 0 aliphatic heterocycles. The molecule has 0 spiro atoms. The molecule has 1 amide bonds. The summed E-state index contributed by atoms with van der Waals surface area (Å²) in [5.41, 5.74) is 9.80. The molecule has 4 unspecified atom stereocenters. The third kappa shape index (κ3) is 1.84.